The first-order chi connectivity index (χ1) is 7.33. The van der Waals surface area contributed by atoms with E-state index in [9.17, 15) is 0 Å². The lowest BCUT2D eigenvalue weighted by Gasteiger charge is -2.34. The number of hydrogen-bond donors (Lipinski definition) is 0. The van der Waals surface area contributed by atoms with E-state index >= 15 is 0 Å². The Bertz CT molecular complexity index is 411. The second kappa shape index (κ2) is 3.69. The predicted octanol–water partition coefficient (Wildman–Crippen LogP) is 2.88. The summed E-state index contributed by atoms with van der Waals surface area (Å²) in [5.41, 5.74) is 3.05. The zero-order valence-corrected chi connectivity index (χ0v) is 9.76. The van der Waals surface area contributed by atoms with E-state index in [1.165, 1.54) is 30.0 Å². The first kappa shape index (κ1) is 9.49. The highest BCUT2D eigenvalue weighted by atomic mass is 32.2. The van der Waals surface area contributed by atoms with E-state index in [1.54, 1.807) is 5.57 Å². The zero-order valence-electron chi connectivity index (χ0n) is 8.94. The van der Waals surface area contributed by atoms with Crippen LogP contribution in [0.4, 0.5) is 0 Å². The van der Waals surface area contributed by atoms with Gasteiger partial charge in [-0.1, -0.05) is 29.8 Å². The van der Waals surface area contributed by atoms with Crippen molar-refractivity contribution in [1.29, 1.82) is 0 Å². The standard InChI is InChI=1S/C13H15NS/c1-14-7-6-11-8-10-4-2-3-5-12(10)15-13(11)9-14/h2-5,8,13H,6-7,9H2,1H3. The lowest BCUT2D eigenvalue weighted by Crippen LogP contribution is -2.36. The summed E-state index contributed by atoms with van der Waals surface area (Å²) in [6.45, 7) is 2.41. The molecule has 1 fully saturated rings. The molecule has 1 saturated heterocycles. The van der Waals surface area contributed by atoms with Crippen molar-refractivity contribution in [1.82, 2.24) is 4.90 Å². The summed E-state index contributed by atoms with van der Waals surface area (Å²) in [6, 6.07) is 8.73. The molecule has 2 heteroatoms. The average molecular weight is 217 g/mol. The molecule has 1 nitrogen and oxygen atoms in total. The molecule has 0 N–H and O–H groups in total. The summed E-state index contributed by atoms with van der Waals surface area (Å²) in [5, 5.41) is 0.693. The number of piperidine rings is 1. The van der Waals surface area contributed by atoms with Gasteiger partial charge in [0.25, 0.3) is 0 Å². The van der Waals surface area contributed by atoms with E-state index in [2.05, 4.69) is 42.3 Å². The third-order valence-corrected chi connectivity index (χ3v) is 4.56. The third-order valence-electron chi connectivity index (χ3n) is 3.20. The molecule has 15 heavy (non-hydrogen) atoms. The van der Waals surface area contributed by atoms with Crippen LogP contribution in [0.25, 0.3) is 6.08 Å². The summed E-state index contributed by atoms with van der Waals surface area (Å²) < 4.78 is 0. The number of fused-ring (bicyclic) bond motifs is 2. The van der Waals surface area contributed by atoms with Crippen LogP contribution in [0.5, 0.6) is 0 Å². The molecule has 0 saturated carbocycles. The van der Waals surface area contributed by atoms with Crippen molar-refractivity contribution in [3.05, 3.63) is 35.4 Å². The number of rotatable bonds is 0. The van der Waals surface area contributed by atoms with Crippen LogP contribution in [0, 0.1) is 0 Å². The molecule has 2 aliphatic heterocycles. The molecule has 0 bridgehead atoms. The summed E-state index contributed by atoms with van der Waals surface area (Å²) in [7, 11) is 2.22. The Hall–Kier alpha value is -0.730. The molecule has 2 heterocycles. The molecule has 1 unspecified atom stereocenters. The predicted molar refractivity (Wildman–Crippen MR) is 66.2 cm³/mol. The van der Waals surface area contributed by atoms with Gasteiger partial charge in [0, 0.05) is 23.2 Å². The van der Waals surface area contributed by atoms with Crippen molar-refractivity contribution in [2.24, 2.45) is 0 Å². The van der Waals surface area contributed by atoms with Gasteiger partial charge in [0.1, 0.15) is 0 Å². The minimum atomic E-state index is 0.693. The summed E-state index contributed by atoms with van der Waals surface area (Å²) in [5.74, 6) is 0. The van der Waals surface area contributed by atoms with Crippen LogP contribution in [0.1, 0.15) is 12.0 Å². The van der Waals surface area contributed by atoms with E-state index in [-0.39, 0.29) is 0 Å². The van der Waals surface area contributed by atoms with Gasteiger partial charge in [-0.05, 0) is 25.1 Å². The van der Waals surface area contributed by atoms with Gasteiger partial charge in [0.2, 0.25) is 0 Å². The molecule has 0 aromatic heterocycles. The van der Waals surface area contributed by atoms with Crippen LogP contribution >= 0.6 is 11.8 Å². The lowest BCUT2D eigenvalue weighted by molar-refractivity contribution is 0.318. The van der Waals surface area contributed by atoms with Crippen molar-refractivity contribution >= 4 is 17.8 Å². The highest BCUT2D eigenvalue weighted by molar-refractivity contribution is 8.00. The van der Waals surface area contributed by atoms with Crippen molar-refractivity contribution in [3.63, 3.8) is 0 Å². The van der Waals surface area contributed by atoms with Gasteiger partial charge in [-0.3, -0.25) is 0 Å². The Morgan fingerprint density at radius 1 is 1.33 bits per heavy atom. The van der Waals surface area contributed by atoms with Crippen LogP contribution < -0.4 is 0 Å². The minimum Gasteiger partial charge on any atom is -0.305 e. The lowest BCUT2D eigenvalue weighted by atomic mass is 10.00. The first-order valence-electron chi connectivity index (χ1n) is 5.47. The summed E-state index contributed by atoms with van der Waals surface area (Å²) in [6.07, 6.45) is 3.64. The third kappa shape index (κ3) is 1.72. The largest absolute Gasteiger partial charge is 0.305 e. The fourth-order valence-electron chi connectivity index (χ4n) is 2.31. The smallest absolute Gasteiger partial charge is 0.0435 e. The van der Waals surface area contributed by atoms with Gasteiger partial charge in [0.05, 0.1) is 0 Å². The maximum Gasteiger partial charge on any atom is 0.0435 e. The van der Waals surface area contributed by atoms with Crippen molar-refractivity contribution < 1.29 is 0 Å². The van der Waals surface area contributed by atoms with Crippen LogP contribution in [0.15, 0.2) is 34.7 Å². The number of benzene rings is 1. The highest BCUT2D eigenvalue weighted by Gasteiger charge is 2.26. The van der Waals surface area contributed by atoms with E-state index < -0.39 is 0 Å². The topological polar surface area (TPSA) is 3.24 Å². The first-order valence-corrected chi connectivity index (χ1v) is 6.35. The molecular formula is C13H15NS. The van der Waals surface area contributed by atoms with Crippen LogP contribution in [-0.2, 0) is 0 Å². The van der Waals surface area contributed by atoms with E-state index in [0.717, 1.165) is 0 Å². The Kier molecular flexibility index (Phi) is 2.33. The number of thioether (sulfide) groups is 1. The van der Waals surface area contributed by atoms with Gasteiger partial charge in [-0.25, -0.2) is 0 Å². The van der Waals surface area contributed by atoms with Gasteiger partial charge in [0.15, 0.2) is 0 Å². The molecular weight excluding hydrogens is 202 g/mol. The van der Waals surface area contributed by atoms with E-state index in [1.807, 2.05) is 11.8 Å². The molecule has 0 aliphatic carbocycles. The zero-order chi connectivity index (χ0) is 10.3. The number of hydrogen-bond acceptors (Lipinski definition) is 2. The van der Waals surface area contributed by atoms with Crippen LogP contribution in [0.3, 0.4) is 0 Å². The van der Waals surface area contributed by atoms with E-state index in [4.69, 9.17) is 0 Å². The van der Waals surface area contributed by atoms with Gasteiger partial charge in [-0.2, -0.15) is 0 Å². The molecule has 1 aromatic carbocycles. The Morgan fingerprint density at radius 2 is 2.20 bits per heavy atom. The molecule has 78 valence electrons. The average Bonchev–Trinajstić information content (AvgIpc) is 2.26. The van der Waals surface area contributed by atoms with Gasteiger partial charge in [-0.15, -0.1) is 11.8 Å². The summed E-state index contributed by atoms with van der Waals surface area (Å²) >= 11 is 2.03. The molecule has 1 aromatic rings. The quantitative estimate of drug-likeness (QED) is 0.657. The van der Waals surface area contributed by atoms with Crippen molar-refractivity contribution in [3.8, 4) is 0 Å². The fraction of sp³-hybridized carbons (Fsp3) is 0.385. The molecule has 0 radical (unpaired) electrons. The Morgan fingerprint density at radius 3 is 3.13 bits per heavy atom. The molecule has 1 atom stereocenters. The minimum absolute atomic E-state index is 0.693. The normalized spacial score (nSPS) is 25.4. The Balaban J connectivity index is 1.97. The van der Waals surface area contributed by atoms with Crippen LogP contribution in [-0.4, -0.2) is 30.3 Å². The van der Waals surface area contributed by atoms with Crippen molar-refractivity contribution in [2.75, 3.05) is 20.1 Å². The molecule has 2 aliphatic rings. The second-order valence-corrected chi connectivity index (χ2v) is 5.62. The molecule has 0 amide bonds. The maximum absolute atomic E-state index is 2.43. The fourth-order valence-corrected chi connectivity index (χ4v) is 3.70. The van der Waals surface area contributed by atoms with Gasteiger partial charge < -0.3 is 4.90 Å². The highest BCUT2D eigenvalue weighted by Crippen LogP contribution is 2.40. The van der Waals surface area contributed by atoms with Gasteiger partial charge >= 0.3 is 0 Å². The van der Waals surface area contributed by atoms with E-state index in [0.29, 0.717) is 5.25 Å². The second-order valence-electron chi connectivity index (χ2n) is 4.38. The van der Waals surface area contributed by atoms with Crippen LogP contribution in [0.2, 0.25) is 0 Å². The van der Waals surface area contributed by atoms with Crippen molar-refractivity contribution in [2.45, 2.75) is 16.6 Å². The summed E-state index contributed by atoms with van der Waals surface area (Å²) in [4.78, 5) is 3.88. The maximum atomic E-state index is 2.43. The molecule has 0 spiro atoms. The molecule has 3 rings (SSSR count). The SMILES string of the molecule is CN1CCC2=Cc3ccccc3SC2C1. The number of nitrogens with zero attached hydrogens (tertiary/aromatic N) is 1. The monoisotopic (exact) mass is 217 g/mol. The number of likely N-dealkylation sites (tertiary alicyclic amines) is 1. The Labute approximate surface area is 95.2 Å².